The van der Waals surface area contributed by atoms with Gasteiger partial charge < -0.3 is 5.73 Å². The summed E-state index contributed by atoms with van der Waals surface area (Å²) in [5, 5.41) is 1.08. The normalized spacial score (nSPS) is 10.7. The van der Waals surface area contributed by atoms with E-state index < -0.39 is 0 Å². The van der Waals surface area contributed by atoms with E-state index in [9.17, 15) is 0 Å². The van der Waals surface area contributed by atoms with Gasteiger partial charge in [-0.15, -0.1) is 0 Å². The largest absolute Gasteiger partial charge is 0.383 e. The fourth-order valence-corrected chi connectivity index (χ4v) is 2.49. The van der Waals surface area contributed by atoms with Crippen molar-refractivity contribution in [3.63, 3.8) is 0 Å². The molecule has 94 valence electrons. The molecule has 1 aromatic carbocycles. The van der Waals surface area contributed by atoms with Gasteiger partial charge in [0.15, 0.2) is 5.82 Å². The summed E-state index contributed by atoms with van der Waals surface area (Å²) in [6, 6.07) is 5.19. The minimum atomic E-state index is 0.405. The summed E-state index contributed by atoms with van der Waals surface area (Å²) < 4.78 is 0.735. The third-order valence-corrected chi connectivity index (χ3v) is 3.86. The number of hydrogen-bond acceptors (Lipinski definition) is 3. The first-order valence-electron chi connectivity index (χ1n) is 5.30. The zero-order valence-electron chi connectivity index (χ0n) is 9.54. The number of halogens is 3. The third kappa shape index (κ3) is 2.60. The number of nitrogen functional groups attached to an aromatic ring is 1. The van der Waals surface area contributed by atoms with Crippen LogP contribution in [0.2, 0.25) is 10.0 Å². The van der Waals surface area contributed by atoms with Crippen LogP contribution in [0.1, 0.15) is 12.6 Å². The van der Waals surface area contributed by atoms with Crippen LogP contribution >= 0.6 is 39.1 Å². The van der Waals surface area contributed by atoms with Gasteiger partial charge in [0.05, 0.1) is 15.2 Å². The molecular weight excluding hydrogens is 337 g/mol. The van der Waals surface area contributed by atoms with Crippen molar-refractivity contribution >= 4 is 44.9 Å². The van der Waals surface area contributed by atoms with Crippen LogP contribution in [0.25, 0.3) is 11.4 Å². The van der Waals surface area contributed by atoms with E-state index in [1.807, 2.05) is 6.92 Å². The van der Waals surface area contributed by atoms with Gasteiger partial charge >= 0.3 is 0 Å². The van der Waals surface area contributed by atoms with E-state index in [-0.39, 0.29) is 0 Å². The van der Waals surface area contributed by atoms with Crippen LogP contribution in [0.4, 0.5) is 5.82 Å². The van der Waals surface area contributed by atoms with E-state index >= 15 is 0 Å². The summed E-state index contributed by atoms with van der Waals surface area (Å²) in [5.74, 6) is 0.914. The summed E-state index contributed by atoms with van der Waals surface area (Å²) in [4.78, 5) is 8.68. The molecule has 0 radical (unpaired) electrons. The van der Waals surface area contributed by atoms with Crippen molar-refractivity contribution in [3.8, 4) is 11.4 Å². The molecule has 0 aliphatic carbocycles. The first-order chi connectivity index (χ1) is 8.52. The molecule has 0 aliphatic heterocycles. The van der Waals surface area contributed by atoms with Crippen LogP contribution in [0, 0.1) is 0 Å². The second kappa shape index (κ2) is 5.43. The fourth-order valence-electron chi connectivity index (χ4n) is 1.54. The predicted octanol–water partition coefficient (Wildman–Crippen LogP) is 4.36. The van der Waals surface area contributed by atoms with Gasteiger partial charge in [0.2, 0.25) is 0 Å². The van der Waals surface area contributed by atoms with E-state index in [2.05, 4.69) is 25.9 Å². The van der Waals surface area contributed by atoms with Gasteiger partial charge in [-0.3, -0.25) is 0 Å². The Morgan fingerprint density at radius 1 is 1.28 bits per heavy atom. The number of rotatable bonds is 2. The number of aromatic nitrogens is 2. The molecule has 2 aromatic rings. The van der Waals surface area contributed by atoms with Crippen LogP contribution in [0.3, 0.4) is 0 Å². The van der Waals surface area contributed by atoms with E-state index in [1.165, 1.54) is 0 Å². The lowest BCUT2D eigenvalue weighted by molar-refractivity contribution is 0.996. The highest BCUT2D eigenvalue weighted by Crippen LogP contribution is 2.31. The Hall–Kier alpha value is -0.840. The lowest BCUT2D eigenvalue weighted by atomic mass is 10.2. The Balaban J connectivity index is 2.60. The van der Waals surface area contributed by atoms with Gasteiger partial charge in [-0.05, 0) is 40.5 Å². The Morgan fingerprint density at radius 3 is 2.61 bits per heavy atom. The molecule has 1 aromatic heterocycles. The minimum Gasteiger partial charge on any atom is -0.383 e. The average Bonchev–Trinajstić information content (AvgIpc) is 2.32. The molecule has 3 nitrogen and oxygen atoms in total. The smallest absolute Gasteiger partial charge is 0.163 e. The number of aryl methyl sites for hydroxylation is 1. The molecule has 2 rings (SSSR count). The summed E-state index contributed by atoms with van der Waals surface area (Å²) in [7, 11) is 0. The summed E-state index contributed by atoms with van der Waals surface area (Å²) in [6.07, 6.45) is 0.755. The molecular formula is C12H10BrCl2N3. The van der Waals surface area contributed by atoms with Crippen molar-refractivity contribution in [2.45, 2.75) is 13.3 Å². The maximum absolute atomic E-state index is 6.13. The molecule has 0 unspecified atom stereocenters. The summed E-state index contributed by atoms with van der Waals surface area (Å²) in [6.45, 7) is 2.00. The van der Waals surface area contributed by atoms with E-state index in [1.54, 1.807) is 18.2 Å². The van der Waals surface area contributed by atoms with Crippen LogP contribution in [0.5, 0.6) is 0 Å². The molecule has 0 bridgehead atoms. The van der Waals surface area contributed by atoms with Crippen molar-refractivity contribution < 1.29 is 0 Å². The Morgan fingerprint density at radius 2 is 2.00 bits per heavy atom. The Bertz CT molecular complexity index is 602. The zero-order valence-corrected chi connectivity index (χ0v) is 12.6. The van der Waals surface area contributed by atoms with Gasteiger partial charge in [0.1, 0.15) is 5.82 Å². The molecule has 6 heteroatoms. The zero-order chi connectivity index (χ0) is 13.3. The molecule has 1 heterocycles. The maximum atomic E-state index is 6.13. The van der Waals surface area contributed by atoms with Crippen molar-refractivity contribution in [2.24, 2.45) is 0 Å². The Labute approximate surface area is 123 Å². The molecule has 0 spiro atoms. The van der Waals surface area contributed by atoms with Gasteiger partial charge in [0, 0.05) is 10.6 Å². The fraction of sp³-hybridized carbons (Fsp3) is 0.167. The maximum Gasteiger partial charge on any atom is 0.163 e. The topological polar surface area (TPSA) is 51.8 Å². The Kier molecular flexibility index (Phi) is 4.10. The molecule has 2 N–H and O–H groups in total. The number of benzene rings is 1. The lowest BCUT2D eigenvalue weighted by Crippen LogP contribution is -2.02. The first-order valence-corrected chi connectivity index (χ1v) is 6.85. The van der Waals surface area contributed by atoms with Gasteiger partial charge in [0.25, 0.3) is 0 Å². The number of nitrogens with zero attached hydrogens (tertiary/aromatic N) is 2. The van der Waals surface area contributed by atoms with Crippen LogP contribution in [0.15, 0.2) is 22.7 Å². The first kappa shape index (κ1) is 13.6. The second-order valence-corrected chi connectivity index (χ2v) is 5.31. The van der Waals surface area contributed by atoms with Gasteiger partial charge in [-0.25, -0.2) is 9.97 Å². The van der Waals surface area contributed by atoms with Crippen LogP contribution in [-0.2, 0) is 6.42 Å². The van der Waals surface area contributed by atoms with E-state index in [4.69, 9.17) is 28.9 Å². The molecule has 0 aliphatic rings. The SMILES string of the molecule is CCc1nc(-c2ccc(Cl)cc2Cl)nc(N)c1Br. The highest BCUT2D eigenvalue weighted by Gasteiger charge is 2.12. The number of nitrogens with two attached hydrogens (primary N) is 1. The molecule has 0 fully saturated rings. The standard InChI is InChI=1S/C12H10BrCl2N3/c1-2-9-10(13)11(16)18-12(17-9)7-4-3-6(14)5-8(7)15/h3-5H,2H2,1H3,(H2,16,17,18). The average molecular weight is 347 g/mol. The monoisotopic (exact) mass is 345 g/mol. The molecule has 18 heavy (non-hydrogen) atoms. The quantitative estimate of drug-likeness (QED) is 0.878. The van der Waals surface area contributed by atoms with E-state index in [0.29, 0.717) is 21.7 Å². The van der Waals surface area contributed by atoms with Crippen LogP contribution in [-0.4, -0.2) is 9.97 Å². The van der Waals surface area contributed by atoms with Gasteiger partial charge in [-0.2, -0.15) is 0 Å². The van der Waals surface area contributed by atoms with Crippen molar-refractivity contribution in [3.05, 3.63) is 38.4 Å². The summed E-state index contributed by atoms with van der Waals surface area (Å²) >= 11 is 15.4. The van der Waals surface area contributed by atoms with Crippen molar-refractivity contribution in [2.75, 3.05) is 5.73 Å². The number of anilines is 1. The predicted molar refractivity (Wildman–Crippen MR) is 79.0 cm³/mol. The number of hydrogen-bond donors (Lipinski definition) is 1. The van der Waals surface area contributed by atoms with Crippen molar-refractivity contribution in [1.82, 2.24) is 9.97 Å². The molecule has 0 saturated carbocycles. The van der Waals surface area contributed by atoms with E-state index in [0.717, 1.165) is 22.2 Å². The lowest BCUT2D eigenvalue weighted by Gasteiger charge is -2.08. The highest BCUT2D eigenvalue weighted by atomic mass is 79.9. The highest BCUT2D eigenvalue weighted by molar-refractivity contribution is 9.10. The van der Waals surface area contributed by atoms with Crippen LogP contribution < -0.4 is 5.73 Å². The molecule has 0 atom stereocenters. The third-order valence-electron chi connectivity index (χ3n) is 2.45. The molecule has 0 saturated heterocycles. The minimum absolute atomic E-state index is 0.405. The second-order valence-electron chi connectivity index (χ2n) is 3.67. The summed E-state index contributed by atoms with van der Waals surface area (Å²) in [5.41, 5.74) is 7.42. The molecule has 0 amide bonds. The van der Waals surface area contributed by atoms with Gasteiger partial charge in [-0.1, -0.05) is 30.1 Å². The van der Waals surface area contributed by atoms with Crippen molar-refractivity contribution in [1.29, 1.82) is 0 Å².